The minimum atomic E-state index is 0.465. The minimum Gasteiger partial charge on any atom is -0.330 e. The Labute approximate surface area is 85.8 Å². The van der Waals surface area contributed by atoms with E-state index >= 15 is 0 Å². The number of hydrogen-bond acceptors (Lipinski definition) is 3. The normalized spacial score (nSPS) is 12.8. The van der Waals surface area contributed by atoms with Crippen LogP contribution in [0.25, 0.3) is 0 Å². The van der Waals surface area contributed by atoms with Crippen LogP contribution in [0.4, 0.5) is 0 Å². The van der Waals surface area contributed by atoms with E-state index in [9.17, 15) is 0 Å². The lowest BCUT2D eigenvalue weighted by Crippen LogP contribution is -2.15. The van der Waals surface area contributed by atoms with E-state index in [-0.39, 0.29) is 0 Å². The molecule has 3 heteroatoms. The number of aromatic nitrogens is 2. The van der Waals surface area contributed by atoms with Gasteiger partial charge in [-0.2, -0.15) is 0 Å². The maximum atomic E-state index is 5.56. The van der Waals surface area contributed by atoms with E-state index in [1.807, 2.05) is 12.3 Å². The Morgan fingerprint density at radius 2 is 2.29 bits per heavy atom. The van der Waals surface area contributed by atoms with E-state index in [2.05, 4.69) is 23.8 Å². The highest BCUT2D eigenvalue weighted by Gasteiger charge is 2.04. The third-order valence-corrected chi connectivity index (χ3v) is 2.20. The van der Waals surface area contributed by atoms with Gasteiger partial charge in [0.15, 0.2) is 0 Å². The lowest BCUT2D eigenvalue weighted by molar-refractivity contribution is 0.571. The van der Waals surface area contributed by atoms with Crippen molar-refractivity contribution in [3.63, 3.8) is 0 Å². The molecule has 0 aliphatic carbocycles. The van der Waals surface area contributed by atoms with Gasteiger partial charge in [0.1, 0.15) is 5.82 Å². The number of nitrogens with two attached hydrogens (primary N) is 1. The van der Waals surface area contributed by atoms with Crippen LogP contribution in [-0.2, 0) is 12.8 Å². The van der Waals surface area contributed by atoms with Crippen LogP contribution in [0, 0.1) is 5.92 Å². The second-order valence-electron chi connectivity index (χ2n) is 3.76. The fourth-order valence-corrected chi connectivity index (χ4v) is 1.33. The summed E-state index contributed by atoms with van der Waals surface area (Å²) in [7, 11) is 0. The van der Waals surface area contributed by atoms with Crippen molar-refractivity contribution < 1.29 is 0 Å². The number of rotatable bonds is 5. The Balaban J connectivity index is 2.63. The zero-order valence-corrected chi connectivity index (χ0v) is 9.03. The molecule has 1 heterocycles. The van der Waals surface area contributed by atoms with Crippen LogP contribution in [0.2, 0.25) is 0 Å². The average Bonchev–Trinajstić information content (AvgIpc) is 2.19. The van der Waals surface area contributed by atoms with E-state index < -0.39 is 0 Å². The molecule has 1 aromatic heterocycles. The predicted octanol–water partition coefficient (Wildman–Crippen LogP) is 1.57. The molecule has 0 aliphatic heterocycles. The first-order valence-electron chi connectivity index (χ1n) is 5.27. The Kier molecular flexibility index (Phi) is 4.53. The molecule has 0 bridgehead atoms. The molecule has 0 radical (unpaired) electrons. The molecular weight excluding hydrogens is 174 g/mol. The molecule has 1 aromatic rings. The molecule has 1 unspecified atom stereocenters. The van der Waals surface area contributed by atoms with E-state index in [4.69, 9.17) is 5.73 Å². The molecule has 0 saturated carbocycles. The van der Waals surface area contributed by atoms with Crippen molar-refractivity contribution in [2.24, 2.45) is 11.7 Å². The molecule has 0 fully saturated rings. The summed E-state index contributed by atoms with van der Waals surface area (Å²) in [6, 6.07) is 1.99. The molecule has 0 aromatic carbocycles. The van der Waals surface area contributed by atoms with Gasteiger partial charge in [0, 0.05) is 18.3 Å². The van der Waals surface area contributed by atoms with Crippen LogP contribution in [0.3, 0.4) is 0 Å². The lowest BCUT2D eigenvalue weighted by Gasteiger charge is -2.07. The number of hydrogen-bond donors (Lipinski definition) is 1. The minimum absolute atomic E-state index is 0.465. The lowest BCUT2D eigenvalue weighted by atomic mass is 10.1. The van der Waals surface area contributed by atoms with Crippen LogP contribution in [0.15, 0.2) is 12.3 Å². The highest BCUT2D eigenvalue weighted by molar-refractivity contribution is 5.02. The van der Waals surface area contributed by atoms with Gasteiger partial charge in [-0.15, -0.1) is 0 Å². The zero-order valence-electron chi connectivity index (χ0n) is 9.03. The van der Waals surface area contributed by atoms with Crippen LogP contribution in [0.1, 0.15) is 31.8 Å². The first-order chi connectivity index (χ1) is 6.76. The SMILES string of the molecule is CCCc1ccnc(CC(C)CN)n1. The Morgan fingerprint density at radius 1 is 1.50 bits per heavy atom. The maximum absolute atomic E-state index is 5.56. The first-order valence-corrected chi connectivity index (χ1v) is 5.27. The summed E-state index contributed by atoms with van der Waals surface area (Å²) >= 11 is 0. The first kappa shape index (κ1) is 11.1. The van der Waals surface area contributed by atoms with Gasteiger partial charge in [-0.1, -0.05) is 20.3 Å². The molecule has 0 spiro atoms. The summed E-state index contributed by atoms with van der Waals surface area (Å²) < 4.78 is 0. The quantitative estimate of drug-likeness (QED) is 0.772. The molecule has 0 aliphatic rings. The topological polar surface area (TPSA) is 51.8 Å². The number of nitrogens with zero attached hydrogens (tertiary/aromatic N) is 2. The van der Waals surface area contributed by atoms with Crippen LogP contribution >= 0.6 is 0 Å². The molecule has 78 valence electrons. The Morgan fingerprint density at radius 3 is 2.93 bits per heavy atom. The van der Waals surface area contributed by atoms with E-state index in [1.54, 1.807) is 0 Å². The second-order valence-corrected chi connectivity index (χ2v) is 3.76. The van der Waals surface area contributed by atoms with E-state index in [0.717, 1.165) is 30.8 Å². The van der Waals surface area contributed by atoms with Crippen molar-refractivity contribution in [3.8, 4) is 0 Å². The Hall–Kier alpha value is -0.960. The van der Waals surface area contributed by atoms with Gasteiger partial charge in [-0.05, 0) is 24.9 Å². The third-order valence-electron chi connectivity index (χ3n) is 2.20. The smallest absolute Gasteiger partial charge is 0.128 e. The van der Waals surface area contributed by atoms with Crippen LogP contribution < -0.4 is 5.73 Å². The van der Waals surface area contributed by atoms with Gasteiger partial charge in [0.25, 0.3) is 0 Å². The van der Waals surface area contributed by atoms with Crippen molar-refractivity contribution in [2.45, 2.75) is 33.1 Å². The van der Waals surface area contributed by atoms with Crippen molar-refractivity contribution >= 4 is 0 Å². The standard InChI is InChI=1S/C11H19N3/c1-3-4-10-5-6-13-11(14-10)7-9(2)8-12/h5-6,9H,3-4,7-8,12H2,1-2H3. The summed E-state index contributed by atoms with van der Waals surface area (Å²) in [5.41, 5.74) is 6.70. The van der Waals surface area contributed by atoms with Gasteiger partial charge in [0.2, 0.25) is 0 Å². The average molecular weight is 193 g/mol. The van der Waals surface area contributed by atoms with Gasteiger partial charge in [-0.25, -0.2) is 9.97 Å². The van der Waals surface area contributed by atoms with Gasteiger partial charge in [-0.3, -0.25) is 0 Å². The third kappa shape index (κ3) is 3.42. The maximum Gasteiger partial charge on any atom is 0.128 e. The molecule has 2 N–H and O–H groups in total. The Bertz CT molecular complexity index is 273. The molecule has 0 amide bonds. The fourth-order valence-electron chi connectivity index (χ4n) is 1.33. The highest BCUT2D eigenvalue weighted by Crippen LogP contribution is 2.04. The highest BCUT2D eigenvalue weighted by atomic mass is 14.9. The second kappa shape index (κ2) is 5.70. The van der Waals surface area contributed by atoms with Crippen molar-refractivity contribution in [2.75, 3.05) is 6.54 Å². The van der Waals surface area contributed by atoms with E-state index in [0.29, 0.717) is 12.5 Å². The summed E-state index contributed by atoms with van der Waals surface area (Å²) in [6.45, 7) is 4.97. The van der Waals surface area contributed by atoms with Crippen molar-refractivity contribution in [3.05, 3.63) is 23.8 Å². The summed E-state index contributed by atoms with van der Waals surface area (Å²) in [5.74, 6) is 1.39. The molecule has 14 heavy (non-hydrogen) atoms. The van der Waals surface area contributed by atoms with Gasteiger partial charge < -0.3 is 5.73 Å². The fraction of sp³-hybridized carbons (Fsp3) is 0.636. The zero-order chi connectivity index (χ0) is 10.4. The van der Waals surface area contributed by atoms with E-state index in [1.165, 1.54) is 0 Å². The van der Waals surface area contributed by atoms with Crippen molar-refractivity contribution in [1.82, 2.24) is 9.97 Å². The molecule has 0 saturated heterocycles. The van der Waals surface area contributed by atoms with Crippen molar-refractivity contribution in [1.29, 1.82) is 0 Å². The monoisotopic (exact) mass is 193 g/mol. The molecule has 3 nitrogen and oxygen atoms in total. The summed E-state index contributed by atoms with van der Waals surface area (Å²) in [6.07, 6.45) is 4.89. The van der Waals surface area contributed by atoms with Gasteiger partial charge in [0.05, 0.1) is 0 Å². The molecule has 1 rings (SSSR count). The molecule has 1 atom stereocenters. The summed E-state index contributed by atoms with van der Waals surface area (Å²) in [5, 5.41) is 0. The predicted molar refractivity (Wildman–Crippen MR) is 57.9 cm³/mol. The molecular formula is C11H19N3. The summed E-state index contributed by atoms with van der Waals surface area (Å²) in [4.78, 5) is 8.73. The van der Waals surface area contributed by atoms with Crippen LogP contribution in [0.5, 0.6) is 0 Å². The largest absolute Gasteiger partial charge is 0.330 e. The number of aryl methyl sites for hydroxylation is 1. The van der Waals surface area contributed by atoms with Crippen LogP contribution in [-0.4, -0.2) is 16.5 Å². The van der Waals surface area contributed by atoms with Gasteiger partial charge >= 0.3 is 0 Å².